The fourth-order valence-electron chi connectivity index (χ4n) is 1.37. The Labute approximate surface area is 102 Å². The highest BCUT2D eigenvalue weighted by molar-refractivity contribution is 8.00. The van der Waals surface area contributed by atoms with Gasteiger partial charge in [0.25, 0.3) is 0 Å². The molecule has 0 saturated carbocycles. The Hall–Kier alpha value is -0.250. The molecule has 0 radical (unpaired) electrons. The molecule has 2 nitrogen and oxygen atoms in total. The van der Waals surface area contributed by atoms with E-state index in [0.29, 0.717) is 13.0 Å². The van der Waals surface area contributed by atoms with Crippen LogP contribution < -0.4 is 0 Å². The number of carbonyl (C=O) groups is 1. The zero-order valence-corrected chi connectivity index (χ0v) is 11.2. The van der Waals surface area contributed by atoms with Crippen molar-refractivity contribution in [3.8, 4) is 0 Å². The summed E-state index contributed by atoms with van der Waals surface area (Å²) in [6.07, 6.45) is 4.38. The van der Waals surface area contributed by atoms with Gasteiger partial charge in [0.1, 0.15) is 5.25 Å². The largest absolute Gasteiger partial charge is 0.465 e. The highest BCUT2D eigenvalue weighted by Gasteiger charge is 2.18. The van der Waals surface area contributed by atoms with Crippen LogP contribution in [0.5, 0.6) is 0 Å². The van der Waals surface area contributed by atoms with Gasteiger partial charge in [0, 0.05) is 0 Å². The SMILES string of the molecule is CCCC(SCCCCCF)C(=O)OCC. The monoisotopic (exact) mass is 250 g/mol. The Morgan fingerprint density at radius 1 is 1.31 bits per heavy atom. The summed E-state index contributed by atoms with van der Waals surface area (Å²) in [7, 11) is 0. The molecule has 96 valence electrons. The summed E-state index contributed by atoms with van der Waals surface area (Å²) in [4.78, 5) is 11.6. The van der Waals surface area contributed by atoms with Crippen molar-refractivity contribution in [1.29, 1.82) is 0 Å². The molecular formula is C12H23FO2S. The van der Waals surface area contributed by atoms with Crippen LogP contribution in [0.4, 0.5) is 4.39 Å². The average molecular weight is 250 g/mol. The first-order valence-electron chi connectivity index (χ1n) is 6.10. The van der Waals surface area contributed by atoms with Crippen LogP contribution in [0.3, 0.4) is 0 Å². The second-order valence-electron chi connectivity index (χ2n) is 3.65. The van der Waals surface area contributed by atoms with Gasteiger partial charge in [-0.15, -0.1) is 11.8 Å². The van der Waals surface area contributed by atoms with E-state index in [0.717, 1.165) is 31.4 Å². The highest BCUT2D eigenvalue weighted by atomic mass is 32.2. The molecule has 0 amide bonds. The molecule has 4 heteroatoms. The fourth-order valence-corrected chi connectivity index (χ4v) is 2.63. The summed E-state index contributed by atoms with van der Waals surface area (Å²) in [6, 6.07) is 0. The number of thioether (sulfide) groups is 1. The Balaban J connectivity index is 3.71. The van der Waals surface area contributed by atoms with Crippen molar-refractivity contribution >= 4 is 17.7 Å². The van der Waals surface area contributed by atoms with Crippen LogP contribution in [0.1, 0.15) is 46.0 Å². The second kappa shape index (κ2) is 11.2. The van der Waals surface area contributed by atoms with Crippen LogP contribution >= 0.6 is 11.8 Å². The van der Waals surface area contributed by atoms with Gasteiger partial charge >= 0.3 is 5.97 Å². The minimum Gasteiger partial charge on any atom is -0.465 e. The molecule has 0 aromatic rings. The van der Waals surface area contributed by atoms with Gasteiger partial charge in [0.05, 0.1) is 13.3 Å². The lowest BCUT2D eigenvalue weighted by atomic mass is 10.2. The van der Waals surface area contributed by atoms with Crippen LogP contribution in [0, 0.1) is 0 Å². The van der Waals surface area contributed by atoms with Crippen molar-refractivity contribution in [2.24, 2.45) is 0 Å². The van der Waals surface area contributed by atoms with E-state index in [1.165, 1.54) is 0 Å². The molecule has 0 bridgehead atoms. The molecule has 0 fully saturated rings. The van der Waals surface area contributed by atoms with Crippen LogP contribution in [0.25, 0.3) is 0 Å². The standard InChI is InChI=1S/C12H23FO2S/c1-3-8-11(12(14)15-4-2)16-10-7-5-6-9-13/h11H,3-10H2,1-2H3. The van der Waals surface area contributed by atoms with Gasteiger partial charge in [-0.3, -0.25) is 9.18 Å². The first kappa shape index (κ1) is 15.8. The first-order chi connectivity index (χ1) is 7.76. The summed E-state index contributed by atoms with van der Waals surface area (Å²) < 4.78 is 16.9. The van der Waals surface area contributed by atoms with Gasteiger partial charge in [-0.1, -0.05) is 19.8 Å². The number of halogens is 1. The maximum atomic E-state index is 11.8. The molecule has 16 heavy (non-hydrogen) atoms. The molecule has 0 aliphatic rings. The lowest BCUT2D eigenvalue weighted by molar-refractivity contribution is -0.142. The maximum absolute atomic E-state index is 11.8. The predicted octanol–water partition coefficient (Wildman–Crippen LogP) is 3.59. The first-order valence-corrected chi connectivity index (χ1v) is 7.15. The number of unbranched alkanes of at least 4 members (excludes halogenated alkanes) is 2. The van der Waals surface area contributed by atoms with Crippen LogP contribution in [-0.2, 0) is 9.53 Å². The fraction of sp³-hybridized carbons (Fsp3) is 0.917. The highest BCUT2D eigenvalue weighted by Crippen LogP contribution is 2.19. The Morgan fingerprint density at radius 2 is 2.06 bits per heavy atom. The lowest BCUT2D eigenvalue weighted by Gasteiger charge is -2.13. The van der Waals surface area contributed by atoms with Crippen molar-refractivity contribution in [3.05, 3.63) is 0 Å². The van der Waals surface area contributed by atoms with E-state index in [-0.39, 0.29) is 17.9 Å². The van der Waals surface area contributed by atoms with E-state index in [4.69, 9.17) is 4.74 Å². The van der Waals surface area contributed by atoms with E-state index in [9.17, 15) is 9.18 Å². The minimum absolute atomic E-state index is 0.0321. The average Bonchev–Trinajstić information content (AvgIpc) is 2.27. The number of hydrogen-bond donors (Lipinski definition) is 0. The third kappa shape index (κ3) is 7.97. The zero-order chi connectivity index (χ0) is 12.2. The van der Waals surface area contributed by atoms with Gasteiger partial charge in [0.15, 0.2) is 0 Å². The Bertz CT molecular complexity index is 176. The molecule has 1 atom stereocenters. The quantitative estimate of drug-likeness (QED) is 0.438. The lowest BCUT2D eigenvalue weighted by Crippen LogP contribution is -2.20. The molecule has 0 aliphatic heterocycles. The topological polar surface area (TPSA) is 26.3 Å². The molecule has 0 saturated heterocycles. The van der Waals surface area contributed by atoms with Crippen molar-refractivity contribution < 1.29 is 13.9 Å². The van der Waals surface area contributed by atoms with Gasteiger partial charge < -0.3 is 4.74 Å². The molecule has 1 unspecified atom stereocenters. The van der Waals surface area contributed by atoms with E-state index >= 15 is 0 Å². The number of esters is 1. The third-order valence-electron chi connectivity index (χ3n) is 2.20. The number of carbonyl (C=O) groups excluding carboxylic acids is 1. The van der Waals surface area contributed by atoms with E-state index in [1.807, 2.05) is 6.92 Å². The summed E-state index contributed by atoms with van der Waals surface area (Å²) >= 11 is 1.65. The Kier molecular flexibility index (Phi) is 11.1. The van der Waals surface area contributed by atoms with Crippen molar-refractivity contribution in [3.63, 3.8) is 0 Å². The second-order valence-corrected chi connectivity index (χ2v) is 4.96. The van der Waals surface area contributed by atoms with Crippen LogP contribution in [0.15, 0.2) is 0 Å². The summed E-state index contributed by atoms with van der Waals surface area (Å²) in [5, 5.41) is -0.0321. The molecular weight excluding hydrogens is 227 g/mol. The Morgan fingerprint density at radius 3 is 2.62 bits per heavy atom. The summed E-state index contributed by atoms with van der Waals surface area (Å²) in [5.74, 6) is 0.823. The van der Waals surface area contributed by atoms with Gasteiger partial charge in [-0.05, 0) is 31.9 Å². The zero-order valence-electron chi connectivity index (χ0n) is 10.3. The third-order valence-corrected chi connectivity index (χ3v) is 3.55. The van der Waals surface area contributed by atoms with Crippen molar-refractivity contribution in [1.82, 2.24) is 0 Å². The smallest absolute Gasteiger partial charge is 0.319 e. The van der Waals surface area contributed by atoms with Gasteiger partial charge in [0.2, 0.25) is 0 Å². The predicted molar refractivity (Wildman–Crippen MR) is 67.6 cm³/mol. The summed E-state index contributed by atoms with van der Waals surface area (Å²) in [5.41, 5.74) is 0. The molecule has 0 spiro atoms. The maximum Gasteiger partial charge on any atom is 0.319 e. The molecule has 0 N–H and O–H groups in total. The van der Waals surface area contributed by atoms with E-state index in [1.54, 1.807) is 11.8 Å². The number of hydrogen-bond acceptors (Lipinski definition) is 3. The molecule has 0 rings (SSSR count). The summed E-state index contributed by atoms with van der Waals surface area (Å²) in [6.45, 7) is 4.10. The van der Waals surface area contributed by atoms with Gasteiger partial charge in [-0.25, -0.2) is 0 Å². The van der Waals surface area contributed by atoms with E-state index < -0.39 is 0 Å². The van der Waals surface area contributed by atoms with Gasteiger partial charge in [-0.2, -0.15) is 0 Å². The molecule has 0 aliphatic carbocycles. The molecule has 0 heterocycles. The van der Waals surface area contributed by atoms with Crippen LogP contribution in [-0.4, -0.2) is 30.3 Å². The van der Waals surface area contributed by atoms with E-state index in [2.05, 4.69) is 6.92 Å². The van der Waals surface area contributed by atoms with Crippen molar-refractivity contribution in [2.45, 2.75) is 51.2 Å². The van der Waals surface area contributed by atoms with Crippen molar-refractivity contribution in [2.75, 3.05) is 19.0 Å². The number of alkyl halides is 1. The normalized spacial score (nSPS) is 12.4. The number of ether oxygens (including phenoxy) is 1. The minimum atomic E-state index is -0.235. The number of rotatable bonds is 10. The van der Waals surface area contributed by atoms with Crippen LogP contribution in [0.2, 0.25) is 0 Å². The molecule has 0 aromatic carbocycles. The molecule has 0 aromatic heterocycles.